The summed E-state index contributed by atoms with van der Waals surface area (Å²) in [5, 5.41) is 4.74. The Morgan fingerprint density at radius 1 is 1.33 bits per heavy atom. The Balaban J connectivity index is 1.86. The van der Waals surface area contributed by atoms with E-state index in [0.717, 1.165) is 15.6 Å². The third-order valence-electron chi connectivity index (χ3n) is 2.69. The molecule has 0 amide bonds. The van der Waals surface area contributed by atoms with Crippen LogP contribution in [0.5, 0.6) is 0 Å². The lowest BCUT2D eigenvalue weighted by Gasteiger charge is -1.95. The van der Waals surface area contributed by atoms with Gasteiger partial charge in [-0.1, -0.05) is 23.4 Å². The zero-order valence-corrected chi connectivity index (χ0v) is 11.7. The molecular weight excluding hydrogens is 314 g/mol. The standard InChI is InChI=1S/C13H9BrClN3/c14-12-7-16-13(15)5-10(12)2-1-9-6-17-18(8-9)11-3-4-11/h5-8,11H,3-4H2. The van der Waals surface area contributed by atoms with Gasteiger partial charge in [-0.3, -0.25) is 4.68 Å². The van der Waals surface area contributed by atoms with Crippen LogP contribution in [-0.4, -0.2) is 14.8 Å². The highest BCUT2D eigenvalue weighted by molar-refractivity contribution is 9.10. The topological polar surface area (TPSA) is 30.7 Å². The van der Waals surface area contributed by atoms with E-state index < -0.39 is 0 Å². The second-order valence-electron chi connectivity index (χ2n) is 4.18. The van der Waals surface area contributed by atoms with Gasteiger partial charge in [-0.15, -0.1) is 0 Å². The van der Waals surface area contributed by atoms with Crippen LogP contribution in [0.1, 0.15) is 30.0 Å². The largest absolute Gasteiger partial charge is 0.268 e. The van der Waals surface area contributed by atoms with Crippen molar-refractivity contribution < 1.29 is 0 Å². The van der Waals surface area contributed by atoms with E-state index in [1.165, 1.54) is 12.8 Å². The molecule has 5 heteroatoms. The van der Waals surface area contributed by atoms with Gasteiger partial charge in [0.05, 0.1) is 22.3 Å². The van der Waals surface area contributed by atoms with Gasteiger partial charge >= 0.3 is 0 Å². The summed E-state index contributed by atoms with van der Waals surface area (Å²) in [4.78, 5) is 3.96. The molecule has 1 saturated carbocycles. The average molecular weight is 323 g/mol. The van der Waals surface area contributed by atoms with Crippen molar-refractivity contribution in [3.05, 3.63) is 45.4 Å². The number of rotatable bonds is 1. The first-order valence-electron chi connectivity index (χ1n) is 5.59. The number of aromatic nitrogens is 3. The summed E-state index contributed by atoms with van der Waals surface area (Å²) in [5.41, 5.74) is 1.75. The molecule has 0 bridgehead atoms. The van der Waals surface area contributed by atoms with Gasteiger partial charge in [0.1, 0.15) is 5.15 Å². The maximum Gasteiger partial charge on any atom is 0.130 e. The minimum atomic E-state index is 0.441. The molecule has 0 radical (unpaired) electrons. The monoisotopic (exact) mass is 321 g/mol. The van der Waals surface area contributed by atoms with Crippen LogP contribution in [0.2, 0.25) is 5.15 Å². The molecule has 2 aromatic heterocycles. The first kappa shape index (κ1) is 11.8. The Morgan fingerprint density at radius 2 is 2.17 bits per heavy atom. The number of halogens is 2. The molecule has 0 aromatic carbocycles. The highest BCUT2D eigenvalue weighted by Gasteiger charge is 2.23. The molecule has 1 aliphatic rings. The van der Waals surface area contributed by atoms with Gasteiger partial charge in [-0.05, 0) is 34.8 Å². The van der Waals surface area contributed by atoms with Crippen molar-refractivity contribution >= 4 is 27.5 Å². The number of hydrogen-bond acceptors (Lipinski definition) is 2. The van der Waals surface area contributed by atoms with E-state index in [0.29, 0.717) is 11.2 Å². The number of hydrogen-bond donors (Lipinski definition) is 0. The minimum Gasteiger partial charge on any atom is -0.268 e. The first-order valence-corrected chi connectivity index (χ1v) is 6.77. The van der Waals surface area contributed by atoms with Gasteiger partial charge in [0.25, 0.3) is 0 Å². The normalized spacial score (nSPS) is 14.1. The summed E-state index contributed by atoms with van der Waals surface area (Å²) in [6, 6.07) is 2.33. The van der Waals surface area contributed by atoms with Crippen LogP contribution >= 0.6 is 27.5 Å². The van der Waals surface area contributed by atoms with E-state index in [-0.39, 0.29) is 0 Å². The Bertz CT molecular complexity index is 650. The van der Waals surface area contributed by atoms with Crippen molar-refractivity contribution in [1.29, 1.82) is 0 Å². The van der Waals surface area contributed by atoms with Gasteiger partial charge in [0.15, 0.2) is 0 Å². The van der Waals surface area contributed by atoms with Crippen LogP contribution in [0, 0.1) is 11.8 Å². The van der Waals surface area contributed by atoms with Gasteiger partial charge < -0.3 is 0 Å². The summed E-state index contributed by atoms with van der Waals surface area (Å²) in [6.07, 6.45) is 7.88. The molecular formula is C13H9BrClN3. The second kappa shape index (κ2) is 4.75. The van der Waals surface area contributed by atoms with Crippen molar-refractivity contribution in [2.45, 2.75) is 18.9 Å². The highest BCUT2D eigenvalue weighted by Crippen LogP contribution is 2.33. The maximum atomic E-state index is 5.84. The van der Waals surface area contributed by atoms with E-state index in [4.69, 9.17) is 11.6 Å². The molecule has 2 heterocycles. The number of nitrogens with zero attached hydrogens (tertiary/aromatic N) is 3. The zero-order valence-electron chi connectivity index (χ0n) is 9.40. The Kier molecular flexibility index (Phi) is 3.11. The van der Waals surface area contributed by atoms with Crippen molar-refractivity contribution in [1.82, 2.24) is 14.8 Å². The molecule has 0 atom stereocenters. The van der Waals surface area contributed by atoms with Crippen LogP contribution in [0.15, 0.2) is 29.1 Å². The predicted molar refractivity (Wildman–Crippen MR) is 73.4 cm³/mol. The van der Waals surface area contributed by atoms with E-state index in [1.54, 1.807) is 18.5 Å². The van der Waals surface area contributed by atoms with Crippen molar-refractivity contribution in [3.63, 3.8) is 0 Å². The lowest BCUT2D eigenvalue weighted by Crippen LogP contribution is -1.91. The average Bonchev–Trinajstić information content (AvgIpc) is 3.10. The van der Waals surface area contributed by atoms with Crippen LogP contribution < -0.4 is 0 Å². The van der Waals surface area contributed by atoms with E-state index >= 15 is 0 Å². The van der Waals surface area contributed by atoms with Crippen molar-refractivity contribution in [3.8, 4) is 11.8 Å². The fraction of sp³-hybridized carbons (Fsp3) is 0.231. The van der Waals surface area contributed by atoms with Crippen LogP contribution in [0.4, 0.5) is 0 Å². The van der Waals surface area contributed by atoms with E-state index in [1.807, 2.05) is 10.9 Å². The van der Waals surface area contributed by atoms with Gasteiger partial charge in [-0.2, -0.15) is 5.10 Å². The predicted octanol–water partition coefficient (Wildman–Crippen LogP) is 3.43. The molecule has 0 N–H and O–H groups in total. The van der Waals surface area contributed by atoms with Gasteiger partial charge in [0, 0.05) is 18.0 Å². The highest BCUT2D eigenvalue weighted by atomic mass is 79.9. The van der Waals surface area contributed by atoms with Gasteiger partial charge in [0.2, 0.25) is 0 Å². The molecule has 0 spiro atoms. The Morgan fingerprint density at radius 3 is 2.94 bits per heavy atom. The zero-order chi connectivity index (χ0) is 12.5. The molecule has 2 aromatic rings. The molecule has 0 saturated heterocycles. The summed E-state index contributed by atoms with van der Waals surface area (Å²) in [5.74, 6) is 6.15. The fourth-order valence-electron chi connectivity index (χ4n) is 1.59. The lowest BCUT2D eigenvalue weighted by molar-refractivity contribution is 0.641. The second-order valence-corrected chi connectivity index (χ2v) is 5.42. The molecule has 1 fully saturated rings. The molecule has 18 heavy (non-hydrogen) atoms. The summed E-state index contributed by atoms with van der Waals surface area (Å²) >= 11 is 9.23. The van der Waals surface area contributed by atoms with Gasteiger partial charge in [-0.25, -0.2) is 4.98 Å². The summed E-state index contributed by atoms with van der Waals surface area (Å²) < 4.78 is 2.83. The molecule has 3 nitrogen and oxygen atoms in total. The molecule has 1 aliphatic carbocycles. The number of pyridine rings is 1. The smallest absolute Gasteiger partial charge is 0.130 e. The van der Waals surface area contributed by atoms with Crippen LogP contribution in [-0.2, 0) is 0 Å². The SMILES string of the molecule is Clc1cc(C#Cc2cnn(C3CC3)c2)c(Br)cn1. The Labute approximate surface area is 118 Å². The molecule has 0 aliphatic heterocycles. The summed E-state index contributed by atoms with van der Waals surface area (Å²) in [7, 11) is 0. The molecule has 0 unspecified atom stereocenters. The summed E-state index contributed by atoms with van der Waals surface area (Å²) in [6.45, 7) is 0. The van der Waals surface area contributed by atoms with Crippen LogP contribution in [0.3, 0.4) is 0 Å². The Hall–Kier alpha value is -1.31. The van der Waals surface area contributed by atoms with Crippen molar-refractivity contribution in [2.24, 2.45) is 0 Å². The first-order chi connectivity index (χ1) is 8.72. The van der Waals surface area contributed by atoms with E-state index in [2.05, 4.69) is 37.9 Å². The van der Waals surface area contributed by atoms with E-state index in [9.17, 15) is 0 Å². The van der Waals surface area contributed by atoms with Crippen molar-refractivity contribution in [2.75, 3.05) is 0 Å². The molecule has 3 rings (SSSR count). The quantitative estimate of drug-likeness (QED) is 0.595. The fourth-order valence-corrected chi connectivity index (χ4v) is 2.06. The minimum absolute atomic E-state index is 0.441. The third kappa shape index (κ3) is 2.58. The maximum absolute atomic E-state index is 5.84. The molecule has 90 valence electrons. The third-order valence-corrected chi connectivity index (χ3v) is 3.52. The van der Waals surface area contributed by atoms with Crippen LogP contribution in [0.25, 0.3) is 0 Å². The lowest BCUT2D eigenvalue weighted by atomic mass is 10.2.